The van der Waals surface area contributed by atoms with Gasteiger partial charge in [0.2, 0.25) is 11.8 Å². The molecule has 0 aliphatic heterocycles. The quantitative estimate of drug-likeness (QED) is 0.625. The average molecular weight is 269 g/mol. The fourth-order valence-electron chi connectivity index (χ4n) is 1.97. The molecule has 2 heterocycles. The summed E-state index contributed by atoms with van der Waals surface area (Å²) in [5.41, 5.74) is 4.87. The third-order valence-corrected chi connectivity index (χ3v) is 3.27. The predicted molar refractivity (Wildman–Crippen MR) is 77.8 cm³/mol. The second kappa shape index (κ2) is 4.48. The van der Waals surface area contributed by atoms with Crippen LogP contribution in [0.2, 0.25) is 0 Å². The molecule has 3 N–H and O–H groups in total. The van der Waals surface area contributed by atoms with Crippen molar-refractivity contribution >= 4 is 23.2 Å². The molecule has 0 spiro atoms. The molecule has 0 aliphatic rings. The number of aromatic nitrogens is 4. The van der Waals surface area contributed by atoms with Gasteiger partial charge in [-0.15, -0.1) is 0 Å². The number of rotatable bonds is 2. The molecule has 3 aromatic rings. The third kappa shape index (κ3) is 2.16. The largest absolute Gasteiger partial charge is 0.492 e. The van der Waals surface area contributed by atoms with Crippen molar-refractivity contribution in [2.24, 2.45) is 4.99 Å². The van der Waals surface area contributed by atoms with Crippen LogP contribution in [0.15, 0.2) is 17.1 Å². The number of aryl methyl sites for hydroxylation is 3. The molecule has 0 bridgehead atoms. The minimum atomic E-state index is -0.0118. The van der Waals surface area contributed by atoms with Crippen LogP contribution in [-0.4, -0.2) is 31.3 Å². The number of fused-ring (bicyclic) bond motifs is 1. The second-order valence-electron chi connectivity index (χ2n) is 4.84. The van der Waals surface area contributed by atoms with Gasteiger partial charge in [-0.1, -0.05) is 0 Å². The van der Waals surface area contributed by atoms with Gasteiger partial charge in [0.05, 0.1) is 22.9 Å². The Balaban J connectivity index is 1.94. The van der Waals surface area contributed by atoms with Crippen molar-refractivity contribution in [3.63, 3.8) is 0 Å². The van der Waals surface area contributed by atoms with E-state index in [1.54, 1.807) is 6.92 Å². The standard InChI is InChI=1S/C14H15N5O/c1-7-4-10-11(5-8(7)2)18-14(17-10)15-6-12-16-9(3)13(20)19-12/h4-6,20H,1-3H3,(H,16,19)(H,17,18)/b15-6+. The molecule has 1 aromatic carbocycles. The maximum Gasteiger partial charge on any atom is 0.232 e. The number of hydrogen-bond donors (Lipinski definition) is 3. The topological polar surface area (TPSA) is 89.9 Å². The molecule has 0 radical (unpaired) electrons. The van der Waals surface area contributed by atoms with Crippen LogP contribution in [0.3, 0.4) is 0 Å². The lowest BCUT2D eigenvalue weighted by Gasteiger charge is -1.97. The van der Waals surface area contributed by atoms with E-state index in [-0.39, 0.29) is 5.88 Å². The second-order valence-corrected chi connectivity index (χ2v) is 4.84. The Kier molecular flexibility index (Phi) is 2.78. The van der Waals surface area contributed by atoms with E-state index in [4.69, 9.17) is 0 Å². The Morgan fingerprint density at radius 1 is 1.10 bits per heavy atom. The van der Waals surface area contributed by atoms with Gasteiger partial charge in [-0.25, -0.2) is 9.98 Å². The highest BCUT2D eigenvalue weighted by Crippen LogP contribution is 2.20. The summed E-state index contributed by atoms with van der Waals surface area (Å²) in [7, 11) is 0. The Morgan fingerprint density at radius 3 is 2.55 bits per heavy atom. The van der Waals surface area contributed by atoms with Gasteiger partial charge in [0.15, 0.2) is 5.82 Å². The summed E-state index contributed by atoms with van der Waals surface area (Å²) in [6.07, 6.45) is 1.53. The number of aromatic amines is 2. The van der Waals surface area contributed by atoms with Crippen LogP contribution in [0.5, 0.6) is 5.88 Å². The number of benzene rings is 1. The van der Waals surface area contributed by atoms with Crippen LogP contribution >= 0.6 is 0 Å². The minimum absolute atomic E-state index is 0.0118. The highest BCUT2D eigenvalue weighted by atomic mass is 16.3. The molecule has 6 heteroatoms. The zero-order valence-corrected chi connectivity index (χ0v) is 11.5. The molecule has 102 valence electrons. The van der Waals surface area contributed by atoms with E-state index in [1.165, 1.54) is 17.3 Å². The fraction of sp³-hybridized carbons (Fsp3) is 0.214. The molecule has 2 aromatic heterocycles. The van der Waals surface area contributed by atoms with Crippen molar-refractivity contribution in [3.8, 4) is 5.88 Å². The van der Waals surface area contributed by atoms with E-state index in [9.17, 15) is 5.11 Å². The Labute approximate surface area is 115 Å². The first-order chi connectivity index (χ1) is 9.52. The number of hydrogen-bond acceptors (Lipinski definition) is 4. The van der Waals surface area contributed by atoms with Crippen molar-refractivity contribution < 1.29 is 5.11 Å². The monoisotopic (exact) mass is 269 g/mol. The molecule has 3 rings (SSSR count). The summed E-state index contributed by atoms with van der Waals surface area (Å²) in [5.74, 6) is 0.994. The molecule has 6 nitrogen and oxygen atoms in total. The van der Waals surface area contributed by atoms with Gasteiger partial charge in [-0.3, -0.25) is 0 Å². The molecular formula is C14H15N5O. The zero-order chi connectivity index (χ0) is 14.3. The Hall–Kier alpha value is -2.63. The summed E-state index contributed by atoms with van der Waals surface area (Å²) in [6, 6.07) is 4.09. The number of H-pyrrole nitrogens is 2. The SMILES string of the molecule is Cc1cc2nc(/N=C/c3nc(O)c(C)[nH]3)[nH]c2cc1C. The van der Waals surface area contributed by atoms with Gasteiger partial charge in [0, 0.05) is 0 Å². The molecule has 0 aliphatic carbocycles. The molecule has 0 unspecified atom stereocenters. The van der Waals surface area contributed by atoms with Crippen LogP contribution in [0.25, 0.3) is 11.0 Å². The van der Waals surface area contributed by atoms with E-state index in [1.807, 2.05) is 6.07 Å². The van der Waals surface area contributed by atoms with E-state index in [0.717, 1.165) is 11.0 Å². The smallest absolute Gasteiger partial charge is 0.232 e. The normalized spacial score (nSPS) is 11.8. The van der Waals surface area contributed by atoms with Gasteiger partial charge >= 0.3 is 0 Å². The van der Waals surface area contributed by atoms with E-state index >= 15 is 0 Å². The first-order valence-electron chi connectivity index (χ1n) is 6.29. The zero-order valence-electron chi connectivity index (χ0n) is 11.5. The van der Waals surface area contributed by atoms with Crippen molar-refractivity contribution in [3.05, 3.63) is 34.8 Å². The van der Waals surface area contributed by atoms with Crippen molar-refractivity contribution in [2.75, 3.05) is 0 Å². The predicted octanol–water partition coefficient (Wildman–Crippen LogP) is 2.67. The molecule has 0 fully saturated rings. The summed E-state index contributed by atoms with van der Waals surface area (Å²) in [5, 5.41) is 9.39. The molecular weight excluding hydrogens is 254 g/mol. The van der Waals surface area contributed by atoms with E-state index in [0.29, 0.717) is 17.5 Å². The highest BCUT2D eigenvalue weighted by molar-refractivity contribution is 5.81. The lowest BCUT2D eigenvalue weighted by atomic mass is 10.1. The number of imidazole rings is 2. The molecule has 0 saturated carbocycles. The maximum atomic E-state index is 9.39. The van der Waals surface area contributed by atoms with Crippen molar-refractivity contribution in [1.82, 2.24) is 19.9 Å². The number of aromatic hydroxyl groups is 1. The van der Waals surface area contributed by atoms with Crippen LogP contribution < -0.4 is 0 Å². The highest BCUT2D eigenvalue weighted by Gasteiger charge is 2.05. The van der Waals surface area contributed by atoms with E-state index < -0.39 is 0 Å². The van der Waals surface area contributed by atoms with Gasteiger partial charge in [-0.2, -0.15) is 4.98 Å². The Bertz CT molecular complexity index is 754. The lowest BCUT2D eigenvalue weighted by Crippen LogP contribution is -1.83. The van der Waals surface area contributed by atoms with Gasteiger partial charge in [-0.05, 0) is 44.0 Å². The minimum Gasteiger partial charge on any atom is -0.492 e. The average Bonchev–Trinajstić information content (AvgIpc) is 2.92. The van der Waals surface area contributed by atoms with Crippen molar-refractivity contribution in [2.45, 2.75) is 20.8 Å². The summed E-state index contributed by atoms with van der Waals surface area (Å²) >= 11 is 0. The molecule has 0 amide bonds. The molecule has 20 heavy (non-hydrogen) atoms. The lowest BCUT2D eigenvalue weighted by molar-refractivity contribution is 0.452. The maximum absolute atomic E-state index is 9.39. The Morgan fingerprint density at radius 2 is 1.85 bits per heavy atom. The summed E-state index contributed by atoms with van der Waals surface area (Å²) in [6.45, 7) is 5.86. The van der Waals surface area contributed by atoms with Crippen LogP contribution in [0.4, 0.5) is 5.95 Å². The van der Waals surface area contributed by atoms with Crippen LogP contribution in [-0.2, 0) is 0 Å². The fourth-order valence-corrected chi connectivity index (χ4v) is 1.97. The van der Waals surface area contributed by atoms with E-state index in [2.05, 4.69) is 44.8 Å². The van der Waals surface area contributed by atoms with Gasteiger partial charge in [0.1, 0.15) is 0 Å². The molecule has 0 atom stereocenters. The first kappa shape index (κ1) is 12.4. The number of nitrogens with zero attached hydrogens (tertiary/aromatic N) is 3. The van der Waals surface area contributed by atoms with Crippen LogP contribution in [0.1, 0.15) is 22.6 Å². The first-order valence-corrected chi connectivity index (χ1v) is 6.29. The van der Waals surface area contributed by atoms with Crippen LogP contribution in [0, 0.1) is 20.8 Å². The summed E-state index contributed by atoms with van der Waals surface area (Å²) < 4.78 is 0. The molecule has 0 saturated heterocycles. The van der Waals surface area contributed by atoms with Gasteiger partial charge < -0.3 is 15.1 Å². The number of nitrogens with one attached hydrogen (secondary N) is 2. The number of aliphatic imine (C=N–C) groups is 1. The summed E-state index contributed by atoms with van der Waals surface area (Å²) in [4.78, 5) is 18.6. The van der Waals surface area contributed by atoms with Gasteiger partial charge in [0.25, 0.3) is 0 Å². The third-order valence-electron chi connectivity index (χ3n) is 3.27. The van der Waals surface area contributed by atoms with Crippen molar-refractivity contribution in [1.29, 1.82) is 0 Å².